The smallest absolute Gasteiger partial charge is 0.0637 e. The van der Waals surface area contributed by atoms with Gasteiger partial charge in [-0.05, 0) is 51.3 Å². The summed E-state index contributed by atoms with van der Waals surface area (Å²) in [6.45, 7) is 6.33. The lowest BCUT2D eigenvalue weighted by atomic mass is 9.99. The van der Waals surface area contributed by atoms with Gasteiger partial charge in [0.1, 0.15) is 0 Å². The summed E-state index contributed by atoms with van der Waals surface area (Å²) < 4.78 is 5.74. The molecule has 3 heteroatoms. The van der Waals surface area contributed by atoms with E-state index in [4.69, 9.17) is 16.3 Å². The van der Waals surface area contributed by atoms with Crippen LogP contribution in [0.15, 0.2) is 18.2 Å². The Morgan fingerprint density at radius 1 is 1.24 bits per heavy atom. The van der Waals surface area contributed by atoms with Crippen molar-refractivity contribution >= 4 is 17.3 Å². The molecule has 1 aromatic rings. The van der Waals surface area contributed by atoms with E-state index in [1.54, 1.807) is 0 Å². The molecule has 17 heavy (non-hydrogen) atoms. The standard InChI is InChI=1S/C14H20ClNO/c1-9-4-5-13(15)14(6-9)16-12-7-10(2)17-11(3)8-12/h4-6,10-12,16H,7-8H2,1-3H3. The summed E-state index contributed by atoms with van der Waals surface area (Å²) in [4.78, 5) is 0. The van der Waals surface area contributed by atoms with Gasteiger partial charge in [-0.2, -0.15) is 0 Å². The predicted octanol–water partition coefficient (Wildman–Crippen LogP) is 4.02. The molecule has 1 fully saturated rings. The maximum absolute atomic E-state index is 6.19. The Labute approximate surface area is 108 Å². The molecule has 1 saturated heterocycles. The van der Waals surface area contributed by atoms with Gasteiger partial charge in [-0.1, -0.05) is 17.7 Å². The Hall–Kier alpha value is -0.730. The lowest BCUT2D eigenvalue weighted by Gasteiger charge is -2.33. The number of anilines is 1. The minimum absolute atomic E-state index is 0.319. The Morgan fingerprint density at radius 2 is 1.88 bits per heavy atom. The number of benzene rings is 1. The second-order valence-electron chi connectivity index (χ2n) is 5.05. The van der Waals surface area contributed by atoms with Crippen LogP contribution in [-0.4, -0.2) is 18.2 Å². The SMILES string of the molecule is Cc1ccc(Cl)c(NC2CC(C)OC(C)C2)c1. The fourth-order valence-corrected chi connectivity index (χ4v) is 2.66. The van der Waals surface area contributed by atoms with Crippen LogP contribution in [0.4, 0.5) is 5.69 Å². The molecule has 2 nitrogen and oxygen atoms in total. The monoisotopic (exact) mass is 253 g/mol. The quantitative estimate of drug-likeness (QED) is 0.860. The Bertz CT molecular complexity index is 384. The summed E-state index contributed by atoms with van der Waals surface area (Å²) in [5.41, 5.74) is 2.27. The lowest BCUT2D eigenvalue weighted by molar-refractivity contribution is -0.0337. The number of halogens is 1. The zero-order valence-corrected chi connectivity index (χ0v) is 11.4. The highest BCUT2D eigenvalue weighted by molar-refractivity contribution is 6.33. The Kier molecular flexibility index (Phi) is 3.95. The molecule has 0 spiro atoms. The van der Waals surface area contributed by atoms with E-state index in [1.807, 2.05) is 12.1 Å². The lowest BCUT2D eigenvalue weighted by Crippen LogP contribution is -2.36. The van der Waals surface area contributed by atoms with E-state index in [2.05, 4.69) is 32.2 Å². The van der Waals surface area contributed by atoms with Crippen LogP contribution in [0.1, 0.15) is 32.3 Å². The Balaban J connectivity index is 2.07. The molecule has 0 radical (unpaired) electrons. The van der Waals surface area contributed by atoms with E-state index in [1.165, 1.54) is 5.56 Å². The topological polar surface area (TPSA) is 21.3 Å². The third-order valence-electron chi connectivity index (χ3n) is 3.18. The van der Waals surface area contributed by atoms with Crippen molar-refractivity contribution in [2.45, 2.75) is 51.9 Å². The van der Waals surface area contributed by atoms with Crippen LogP contribution in [0.25, 0.3) is 0 Å². The van der Waals surface area contributed by atoms with Crippen LogP contribution in [0.5, 0.6) is 0 Å². The van der Waals surface area contributed by atoms with Crippen LogP contribution in [0, 0.1) is 6.92 Å². The van der Waals surface area contributed by atoms with E-state index < -0.39 is 0 Å². The fraction of sp³-hybridized carbons (Fsp3) is 0.571. The maximum atomic E-state index is 6.19. The average Bonchev–Trinajstić information content (AvgIpc) is 2.22. The van der Waals surface area contributed by atoms with Gasteiger partial charge in [-0.3, -0.25) is 0 Å². The van der Waals surface area contributed by atoms with E-state index in [9.17, 15) is 0 Å². The third-order valence-corrected chi connectivity index (χ3v) is 3.51. The highest BCUT2D eigenvalue weighted by Crippen LogP contribution is 2.27. The van der Waals surface area contributed by atoms with Gasteiger partial charge in [0, 0.05) is 6.04 Å². The predicted molar refractivity (Wildman–Crippen MR) is 72.8 cm³/mol. The molecular weight excluding hydrogens is 234 g/mol. The molecule has 0 bridgehead atoms. The van der Waals surface area contributed by atoms with Gasteiger partial charge in [0.15, 0.2) is 0 Å². The first-order valence-corrected chi connectivity index (χ1v) is 6.60. The fourth-order valence-electron chi connectivity index (χ4n) is 2.49. The molecular formula is C14H20ClNO. The van der Waals surface area contributed by atoms with Crippen molar-refractivity contribution in [2.24, 2.45) is 0 Å². The van der Waals surface area contributed by atoms with Crippen molar-refractivity contribution in [1.82, 2.24) is 0 Å². The highest BCUT2D eigenvalue weighted by Gasteiger charge is 2.24. The van der Waals surface area contributed by atoms with Gasteiger partial charge < -0.3 is 10.1 Å². The van der Waals surface area contributed by atoms with Gasteiger partial charge in [0.05, 0.1) is 22.9 Å². The number of ether oxygens (including phenoxy) is 1. The van der Waals surface area contributed by atoms with Crippen LogP contribution < -0.4 is 5.32 Å². The third kappa shape index (κ3) is 3.36. The van der Waals surface area contributed by atoms with Crippen LogP contribution in [0.3, 0.4) is 0 Å². The normalized spacial score (nSPS) is 29.1. The van der Waals surface area contributed by atoms with Gasteiger partial charge in [0.2, 0.25) is 0 Å². The molecule has 94 valence electrons. The first kappa shape index (κ1) is 12.7. The maximum Gasteiger partial charge on any atom is 0.0637 e. The molecule has 1 heterocycles. The van der Waals surface area contributed by atoms with Gasteiger partial charge in [-0.15, -0.1) is 0 Å². The number of hydrogen-bond acceptors (Lipinski definition) is 2. The number of rotatable bonds is 2. The van der Waals surface area contributed by atoms with Crippen LogP contribution in [0.2, 0.25) is 5.02 Å². The summed E-state index contributed by atoms with van der Waals surface area (Å²) in [6, 6.07) is 6.54. The zero-order valence-electron chi connectivity index (χ0n) is 10.7. The first-order valence-electron chi connectivity index (χ1n) is 6.22. The number of nitrogens with one attached hydrogen (secondary N) is 1. The van der Waals surface area contributed by atoms with E-state index in [0.717, 1.165) is 23.6 Å². The van der Waals surface area contributed by atoms with E-state index in [0.29, 0.717) is 18.2 Å². The van der Waals surface area contributed by atoms with Gasteiger partial charge >= 0.3 is 0 Å². The largest absolute Gasteiger partial charge is 0.381 e. The van der Waals surface area contributed by atoms with E-state index >= 15 is 0 Å². The molecule has 1 aliphatic heterocycles. The van der Waals surface area contributed by atoms with Crippen molar-refractivity contribution in [1.29, 1.82) is 0 Å². The molecule has 0 aliphatic carbocycles. The number of hydrogen-bond donors (Lipinski definition) is 1. The second kappa shape index (κ2) is 5.28. The second-order valence-corrected chi connectivity index (χ2v) is 5.46. The van der Waals surface area contributed by atoms with Crippen molar-refractivity contribution < 1.29 is 4.74 Å². The molecule has 1 N–H and O–H groups in total. The molecule has 2 rings (SSSR count). The van der Waals surface area contributed by atoms with Crippen LogP contribution >= 0.6 is 11.6 Å². The summed E-state index contributed by atoms with van der Waals surface area (Å²) in [5, 5.41) is 4.33. The van der Waals surface area contributed by atoms with E-state index in [-0.39, 0.29) is 0 Å². The molecule has 1 aliphatic rings. The molecule has 1 aromatic carbocycles. The van der Waals surface area contributed by atoms with Gasteiger partial charge in [-0.25, -0.2) is 0 Å². The molecule has 0 saturated carbocycles. The van der Waals surface area contributed by atoms with Crippen molar-refractivity contribution in [3.8, 4) is 0 Å². The van der Waals surface area contributed by atoms with Crippen molar-refractivity contribution in [3.05, 3.63) is 28.8 Å². The average molecular weight is 254 g/mol. The van der Waals surface area contributed by atoms with Crippen molar-refractivity contribution in [2.75, 3.05) is 5.32 Å². The Morgan fingerprint density at radius 3 is 2.53 bits per heavy atom. The van der Waals surface area contributed by atoms with Crippen molar-refractivity contribution in [3.63, 3.8) is 0 Å². The van der Waals surface area contributed by atoms with Gasteiger partial charge in [0.25, 0.3) is 0 Å². The number of aryl methyl sites for hydroxylation is 1. The minimum Gasteiger partial charge on any atom is -0.381 e. The minimum atomic E-state index is 0.319. The summed E-state index contributed by atoms with van der Waals surface area (Å²) in [7, 11) is 0. The first-order chi connectivity index (χ1) is 8.04. The summed E-state index contributed by atoms with van der Waals surface area (Å²) in [6.07, 6.45) is 2.71. The summed E-state index contributed by atoms with van der Waals surface area (Å²) in [5.74, 6) is 0. The van der Waals surface area contributed by atoms with Crippen LogP contribution in [-0.2, 0) is 4.74 Å². The molecule has 0 aromatic heterocycles. The highest BCUT2D eigenvalue weighted by atomic mass is 35.5. The molecule has 0 amide bonds. The zero-order chi connectivity index (χ0) is 12.4. The molecule has 2 atom stereocenters. The summed E-state index contributed by atoms with van der Waals surface area (Å²) >= 11 is 6.19. The molecule has 2 unspecified atom stereocenters.